The molecule has 170 valence electrons. The highest BCUT2D eigenvalue weighted by Gasteiger charge is 2.14. The summed E-state index contributed by atoms with van der Waals surface area (Å²) in [7, 11) is 0. The van der Waals surface area contributed by atoms with Gasteiger partial charge in [-0.05, 0) is 83.6 Å². The van der Waals surface area contributed by atoms with Crippen LogP contribution in [0.5, 0.6) is 11.5 Å². The lowest BCUT2D eigenvalue weighted by atomic mass is 10.2. The Balaban J connectivity index is 1.65. The van der Waals surface area contributed by atoms with Crippen molar-refractivity contribution in [2.75, 3.05) is 18.5 Å². The highest BCUT2D eigenvalue weighted by molar-refractivity contribution is 14.1. The van der Waals surface area contributed by atoms with E-state index in [0.717, 1.165) is 3.57 Å². The zero-order chi connectivity index (χ0) is 23.6. The second kappa shape index (κ2) is 12.2. The molecule has 3 aromatic carbocycles. The molecular formula is C24H21ClIN3O4. The Labute approximate surface area is 210 Å². The van der Waals surface area contributed by atoms with E-state index in [2.05, 4.69) is 38.4 Å². The molecule has 3 rings (SSSR count). The molecule has 0 fully saturated rings. The van der Waals surface area contributed by atoms with Gasteiger partial charge in [0.25, 0.3) is 11.8 Å². The normalized spacial score (nSPS) is 10.6. The van der Waals surface area contributed by atoms with Gasteiger partial charge in [0.05, 0.1) is 16.4 Å². The number of carbonyl (C=O) groups excluding carboxylic acids is 2. The molecule has 0 aliphatic heterocycles. The van der Waals surface area contributed by atoms with E-state index in [-0.39, 0.29) is 18.4 Å². The number of hydrazone groups is 1. The second-order valence-corrected chi connectivity index (χ2v) is 8.27. The molecule has 3 aromatic rings. The summed E-state index contributed by atoms with van der Waals surface area (Å²) in [6.45, 7) is 2.07. The summed E-state index contributed by atoms with van der Waals surface area (Å²) >= 11 is 7.96. The Bertz CT molecular complexity index is 1140. The Morgan fingerprint density at radius 3 is 2.48 bits per heavy atom. The summed E-state index contributed by atoms with van der Waals surface area (Å²) in [6.07, 6.45) is 1.52. The van der Waals surface area contributed by atoms with Crippen LogP contribution in [0.15, 0.2) is 71.8 Å². The number of halogens is 2. The van der Waals surface area contributed by atoms with Crippen LogP contribution in [-0.2, 0) is 4.79 Å². The Kier molecular flexibility index (Phi) is 9.08. The lowest BCUT2D eigenvalue weighted by molar-refractivity contribution is -0.118. The predicted octanol–water partition coefficient (Wildman–Crippen LogP) is 5.12. The van der Waals surface area contributed by atoms with Gasteiger partial charge in [-0.15, -0.1) is 0 Å². The molecule has 0 saturated carbocycles. The van der Waals surface area contributed by atoms with E-state index in [1.165, 1.54) is 6.21 Å². The van der Waals surface area contributed by atoms with Gasteiger partial charge in [-0.2, -0.15) is 5.10 Å². The van der Waals surface area contributed by atoms with Gasteiger partial charge in [0.1, 0.15) is 0 Å². The number of nitrogens with one attached hydrogen (secondary N) is 2. The zero-order valence-corrected chi connectivity index (χ0v) is 20.6. The van der Waals surface area contributed by atoms with Crippen LogP contribution < -0.4 is 20.2 Å². The van der Waals surface area contributed by atoms with E-state index >= 15 is 0 Å². The number of benzene rings is 3. The van der Waals surface area contributed by atoms with Crippen LogP contribution in [0, 0.1) is 3.57 Å². The van der Waals surface area contributed by atoms with Crippen molar-refractivity contribution in [1.29, 1.82) is 0 Å². The summed E-state index contributed by atoms with van der Waals surface area (Å²) in [5, 5.41) is 7.35. The van der Waals surface area contributed by atoms with Crippen molar-refractivity contribution in [1.82, 2.24) is 5.43 Å². The van der Waals surface area contributed by atoms with Crippen molar-refractivity contribution >= 4 is 57.9 Å². The molecule has 0 heterocycles. The van der Waals surface area contributed by atoms with Crippen molar-refractivity contribution < 1.29 is 19.1 Å². The number of anilines is 1. The number of ether oxygens (including phenoxy) is 2. The van der Waals surface area contributed by atoms with Crippen LogP contribution in [-0.4, -0.2) is 31.2 Å². The minimum atomic E-state index is -0.315. The van der Waals surface area contributed by atoms with Crippen LogP contribution in [0.1, 0.15) is 22.8 Å². The standard InChI is InChI=1S/C24H21ClIN3O4/c1-2-32-21-13-16(14-27-29-24(31)17-6-4-3-5-7-17)12-20(26)23(21)33-15-22(30)28-19-10-8-18(25)9-11-19/h3-14H,2,15H2,1H3,(H,28,30)(H,29,31)/b27-14+. The van der Waals surface area contributed by atoms with E-state index in [1.807, 2.05) is 19.1 Å². The molecule has 0 radical (unpaired) electrons. The van der Waals surface area contributed by atoms with Crippen molar-refractivity contribution in [3.05, 3.63) is 86.4 Å². The highest BCUT2D eigenvalue weighted by atomic mass is 127. The number of nitrogens with zero attached hydrogens (tertiary/aromatic N) is 1. The fourth-order valence-electron chi connectivity index (χ4n) is 2.75. The Morgan fingerprint density at radius 1 is 1.06 bits per heavy atom. The average Bonchev–Trinajstić information content (AvgIpc) is 2.81. The first-order chi connectivity index (χ1) is 16.0. The second-order valence-electron chi connectivity index (χ2n) is 6.67. The van der Waals surface area contributed by atoms with Crippen LogP contribution in [0.25, 0.3) is 0 Å². The minimum Gasteiger partial charge on any atom is -0.490 e. The Hall–Kier alpha value is -3.11. The van der Waals surface area contributed by atoms with Crippen LogP contribution in [0.2, 0.25) is 5.02 Å². The minimum absolute atomic E-state index is 0.195. The van der Waals surface area contributed by atoms with E-state index in [0.29, 0.717) is 39.9 Å². The molecule has 0 spiro atoms. The van der Waals surface area contributed by atoms with Crippen molar-refractivity contribution in [3.8, 4) is 11.5 Å². The molecule has 2 amide bonds. The van der Waals surface area contributed by atoms with Crippen LogP contribution in [0.4, 0.5) is 5.69 Å². The maximum atomic E-state index is 12.3. The summed E-state index contributed by atoms with van der Waals surface area (Å²) < 4.78 is 12.2. The van der Waals surface area contributed by atoms with Gasteiger partial charge in [-0.3, -0.25) is 9.59 Å². The quantitative estimate of drug-likeness (QED) is 0.210. The fraction of sp³-hybridized carbons (Fsp3) is 0.125. The zero-order valence-electron chi connectivity index (χ0n) is 17.7. The number of rotatable bonds is 9. The molecule has 9 heteroatoms. The van der Waals surface area contributed by atoms with Gasteiger partial charge in [-0.1, -0.05) is 29.8 Å². The van der Waals surface area contributed by atoms with E-state index in [1.54, 1.807) is 54.6 Å². The molecule has 0 atom stereocenters. The summed E-state index contributed by atoms with van der Waals surface area (Å²) in [4.78, 5) is 24.4. The first-order valence-corrected chi connectivity index (χ1v) is 11.4. The monoisotopic (exact) mass is 577 g/mol. The third-order valence-corrected chi connectivity index (χ3v) is 5.28. The topological polar surface area (TPSA) is 89.0 Å². The molecule has 0 aliphatic rings. The van der Waals surface area contributed by atoms with Crippen molar-refractivity contribution in [2.45, 2.75) is 6.92 Å². The van der Waals surface area contributed by atoms with Gasteiger partial charge >= 0.3 is 0 Å². The molecule has 0 aliphatic carbocycles. The summed E-state index contributed by atoms with van der Waals surface area (Å²) in [5.41, 5.74) is 4.33. The first kappa shape index (κ1) is 24.5. The lowest BCUT2D eigenvalue weighted by Gasteiger charge is -2.14. The van der Waals surface area contributed by atoms with E-state index < -0.39 is 0 Å². The first-order valence-electron chi connectivity index (χ1n) is 9.99. The third kappa shape index (κ3) is 7.47. The maximum absolute atomic E-state index is 12.3. The molecule has 2 N–H and O–H groups in total. The smallest absolute Gasteiger partial charge is 0.271 e. The van der Waals surface area contributed by atoms with E-state index in [9.17, 15) is 9.59 Å². The van der Waals surface area contributed by atoms with Crippen molar-refractivity contribution in [2.24, 2.45) is 5.10 Å². The number of amides is 2. The molecule has 33 heavy (non-hydrogen) atoms. The SMILES string of the molecule is CCOc1cc(/C=N/NC(=O)c2ccccc2)cc(I)c1OCC(=O)Nc1ccc(Cl)cc1. The average molecular weight is 578 g/mol. The highest BCUT2D eigenvalue weighted by Crippen LogP contribution is 2.34. The molecule has 0 unspecified atom stereocenters. The maximum Gasteiger partial charge on any atom is 0.271 e. The molecule has 7 nitrogen and oxygen atoms in total. The van der Waals surface area contributed by atoms with Gasteiger partial charge in [0, 0.05) is 16.3 Å². The fourth-order valence-corrected chi connectivity index (χ4v) is 3.66. The van der Waals surface area contributed by atoms with Gasteiger partial charge in [-0.25, -0.2) is 5.43 Å². The largest absolute Gasteiger partial charge is 0.490 e. The van der Waals surface area contributed by atoms with Crippen LogP contribution >= 0.6 is 34.2 Å². The van der Waals surface area contributed by atoms with Crippen LogP contribution in [0.3, 0.4) is 0 Å². The number of hydrogen-bond donors (Lipinski definition) is 2. The van der Waals surface area contributed by atoms with Gasteiger partial charge in [0.2, 0.25) is 0 Å². The van der Waals surface area contributed by atoms with Gasteiger partial charge < -0.3 is 14.8 Å². The summed E-state index contributed by atoms with van der Waals surface area (Å²) in [5.74, 6) is 0.303. The lowest BCUT2D eigenvalue weighted by Crippen LogP contribution is -2.20. The molecule has 0 aromatic heterocycles. The molecule has 0 saturated heterocycles. The van der Waals surface area contributed by atoms with E-state index in [4.69, 9.17) is 21.1 Å². The molecular weight excluding hydrogens is 557 g/mol. The van der Waals surface area contributed by atoms with Crippen molar-refractivity contribution in [3.63, 3.8) is 0 Å². The predicted molar refractivity (Wildman–Crippen MR) is 137 cm³/mol. The molecule has 0 bridgehead atoms. The Morgan fingerprint density at radius 2 is 1.79 bits per heavy atom. The summed E-state index contributed by atoms with van der Waals surface area (Å²) in [6, 6.07) is 19.2. The number of hydrogen-bond acceptors (Lipinski definition) is 5. The number of carbonyl (C=O) groups is 2. The third-order valence-electron chi connectivity index (χ3n) is 4.22. The van der Waals surface area contributed by atoms with Gasteiger partial charge in [0.15, 0.2) is 18.1 Å².